The molecule has 144 valence electrons. The van der Waals surface area contributed by atoms with E-state index in [2.05, 4.69) is 4.90 Å². The summed E-state index contributed by atoms with van der Waals surface area (Å²) in [5, 5.41) is 18.1. The third-order valence-corrected chi connectivity index (χ3v) is 3.98. The molecule has 1 fully saturated rings. The van der Waals surface area contributed by atoms with E-state index in [9.17, 15) is 0 Å². The highest BCUT2D eigenvalue weighted by Crippen LogP contribution is 2.16. The van der Waals surface area contributed by atoms with Gasteiger partial charge in [0.15, 0.2) is 0 Å². The Balaban J connectivity index is 2.01. The maximum Gasteiger partial charge on any atom is 0.136 e. The van der Waals surface area contributed by atoms with Crippen LogP contribution in [0.25, 0.3) is 0 Å². The van der Waals surface area contributed by atoms with Gasteiger partial charge in [-0.05, 0) is 12.2 Å². The van der Waals surface area contributed by atoms with Gasteiger partial charge in [0, 0.05) is 24.4 Å². The predicted octanol–water partition coefficient (Wildman–Crippen LogP) is 1.72. The minimum atomic E-state index is 0.0980. The van der Waals surface area contributed by atoms with Gasteiger partial charge >= 0.3 is 0 Å². The molecule has 0 spiro atoms. The molecule has 1 aliphatic heterocycles. The number of hydrogen-bond donors (Lipinski definition) is 0. The van der Waals surface area contributed by atoms with Crippen LogP contribution < -0.4 is 0 Å². The van der Waals surface area contributed by atoms with Gasteiger partial charge in [0.1, 0.15) is 17.7 Å². The number of ether oxygens (including phenoxy) is 4. The molecule has 2 rings (SSSR count). The van der Waals surface area contributed by atoms with E-state index in [0.29, 0.717) is 71.5 Å². The van der Waals surface area contributed by atoms with Gasteiger partial charge in [-0.1, -0.05) is 18.2 Å². The monoisotopic (exact) mass is 371 g/mol. The molecule has 0 saturated carbocycles. The first-order valence-electron chi connectivity index (χ1n) is 9.02. The van der Waals surface area contributed by atoms with Crippen LogP contribution in [0.15, 0.2) is 47.2 Å². The van der Waals surface area contributed by atoms with Crippen LogP contribution in [-0.2, 0) is 18.9 Å². The smallest absolute Gasteiger partial charge is 0.136 e. The van der Waals surface area contributed by atoms with Crippen LogP contribution in [0, 0.1) is 22.7 Å². The zero-order valence-electron chi connectivity index (χ0n) is 15.4. The van der Waals surface area contributed by atoms with Crippen LogP contribution in [0.2, 0.25) is 0 Å². The van der Waals surface area contributed by atoms with Crippen LogP contribution in [0.5, 0.6) is 0 Å². The van der Waals surface area contributed by atoms with Gasteiger partial charge in [0.25, 0.3) is 0 Å². The molecule has 0 bridgehead atoms. The van der Waals surface area contributed by atoms with Crippen LogP contribution >= 0.6 is 0 Å². The first-order valence-corrected chi connectivity index (χ1v) is 9.02. The summed E-state index contributed by atoms with van der Waals surface area (Å²) >= 11 is 0. The maximum absolute atomic E-state index is 9.04. The Labute approximate surface area is 160 Å². The highest BCUT2D eigenvalue weighted by Gasteiger charge is 2.10. The number of allylic oxidation sites excluding steroid dienone is 7. The minimum absolute atomic E-state index is 0.0980. The van der Waals surface area contributed by atoms with Crippen molar-refractivity contribution in [2.24, 2.45) is 0 Å². The van der Waals surface area contributed by atoms with Gasteiger partial charge < -0.3 is 23.8 Å². The molecular formula is C20H25N3O4. The van der Waals surface area contributed by atoms with Crippen molar-refractivity contribution in [3.8, 4) is 12.1 Å². The second kappa shape index (κ2) is 12.9. The quantitative estimate of drug-likeness (QED) is 0.649. The van der Waals surface area contributed by atoms with E-state index in [4.69, 9.17) is 29.5 Å². The van der Waals surface area contributed by atoms with Gasteiger partial charge in [-0.3, -0.25) is 0 Å². The molecule has 0 amide bonds. The lowest BCUT2D eigenvalue weighted by atomic mass is 10.1. The van der Waals surface area contributed by atoms with E-state index in [1.54, 1.807) is 12.2 Å². The van der Waals surface area contributed by atoms with Crippen molar-refractivity contribution in [1.82, 2.24) is 4.90 Å². The maximum atomic E-state index is 9.04. The van der Waals surface area contributed by atoms with Crippen LogP contribution in [0.3, 0.4) is 0 Å². The summed E-state index contributed by atoms with van der Waals surface area (Å²) in [6.07, 6.45) is 9.26. The van der Waals surface area contributed by atoms with Crippen molar-refractivity contribution in [2.45, 2.75) is 0 Å². The zero-order chi connectivity index (χ0) is 19.2. The number of nitriles is 2. The SMILES string of the molecule is N#CC(C#N)=C1C=CC=C(N2CCOCCOCCOCCOCC2)C=C1. The largest absolute Gasteiger partial charge is 0.377 e. The highest BCUT2D eigenvalue weighted by molar-refractivity contribution is 5.52. The molecule has 2 aliphatic rings. The Kier molecular flexibility index (Phi) is 9.95. The lowest BCUT2D eigenvalue weighted by Gasteiger charge is -2.25. The summed E-state index contributed by atoms with van der Waals surface area (Å²) in [5.41, 5.74) is 1.67. The van der Waals surface area contributed by atoms with E-state index >= 15 is 0 Å². The van der Waals surface area contributed by atoms with E-state index in [1.807, 2.05) is 30.4 Å². The lowest BCUT2D eigenvalue weighted by molar-refractivity contribution is 0.00206. The first kappa shape index (κ1) is 20.9. The molecule has 0 atom stereocenters. The molecule has 0 radical (unpaired) electrons. The topological polar surface area (TPSA) is 87.7 Å². The van der Waals surface area contributed by atoms with Crippen molar-refractivity contribution in [3.05, 3.63) is 47.2 Å². The molecule has 0 aromatic carbocycles. The van der Waals surface area contributed by atoms with E-state index < -0.39 is 0 Å². The molecule has 1 saturated heterocycles. The van der Waals surface area contributed by atoms with Crippen LogP contribution in [0.1, 0.15) is 0 Å². The van der Waals surface area contributed by atoms with Gasteiger partial charge in [0.2, 0.25) is 0 Å². The fourth-order valence-electron chi connectivity index (χ4n) is 2.55. The molecule has 0 aromatic rings. The number of rotatable bonds is 1. The van der Waals surface area contributed by atoms with Crippen molar-refractivity contribution in [2.75, 3.05) is 65.9 Å². The summed E-state index contributed by atoms with van der Waals surface area (Å²) in [4.78, 5) is 2.16. The first-order chi connectivity index (χ1) is 13.3. The second-order valence-corrected chi connectivity index (χ2v) is 5.77. The second-order valence-electron chi connectivity index (χ2n) is 5.77. The molecule has 27 heavy (non-hydrogen) atoms. The summed E-state index contributed by atoms with van der Waals surface area (Å²) in [5.74, 6) is 0. The Morgan fingerprint density at radius 3 is 1.78 bits per heavy atom. The fraction of sp³-hybridized carbons (Fsp3) is 0.500. The third kappa shape index (κ3) is 7.78. The van der Waals surface area contributed by atoms with E-state index in [1.165, 1.54) is 0 Å². The van der Waals surface area contributed by atoms with Crippen molar-refractivity contribution in [1.29, 1.82) is 10.5 Å². The van der Waals surface area contributed by atoms with Crippen molar-refractivity contribution in [3.63, 3.8) is 0 Å². The molecular weight excluding hydrogens is 346 g/mol. The average Bonchev–Trinajstić information content (AvgIpc) is 2.93. The van der Waals surface area contributed by atoms with Crippen molar-refractivity contribution >= 4 is 0 Å². The van der Waals surface area contributed by atoms with Gasteiger partial charge in [-0.15, -0.1) is 0 Å². The fourth-order valence-corrected chi connectivity index (χ4v) is 2.55. The summed E-state index contributed by atoms with van der Waals surface area (Å²) in [6.45, 7) is 5.83. The van der Waals surface area contributed by atoms with E-state index in [-0.39, 0.29) is 5.57 Å². The molecule has 7 heteroatoms. The Hall–Kier alpha value is -2.42. The summed E-state index contributed by atoms with van der Waals surface area (Å²) < 4.78 is 22.1. The zero-order valence-corrected chi connectivity index (χ0v) is 15.4. The Morgan fingerprint density at radius 2 is 1.26 bits per heavy atom. The Morgan fingerprint density at radius 1 is 0.741 bits per heavy atom. The van der Waals surface area contributed by atoms with Gasteiger partial charge in [-0.2, -0.15) is 10.5 Å². The standard InChI is InChI=1S/C20H25N3O4/c21-16-19(17-22)18-2-1-3-20(5-4-18)23-6-8-24-10-12-26-14-15-27-13-11-25-9-7-23/h1-5H,6-15H2. The van der Waals surface area contributed by atoms with Crippen molar-refractivity contribution < 1.29 is 18.9 Å². The molecule has 0 N–H and O–H groups in total. The summed E-state index contributed by atoms with van der Waals surface area (Å²) in [6, 6.07) is 3.84. The minimum Gasteiger partial charge on any atom is -0.377 e. The Bertz CT molecular complexity index is 636. The van der Waals surface area contributed by atoms with E-state index in [0.717, 1.165) is 5.70 Å². The highest BCUT2D eigenvalue weighted by atomic mass is 16.6. The normalized spacial score (nSPS) is 20.4. The third-order valence-electron chi connectivity index (χ3n) is 3.98. The van der Waals surface area contributed by atoms with Crippen LogP contribution in [0.4, 0.5) is 0 Å². The molecule has 1 aliphatic carbocycles. The molecule has 0 aromatic heterocycles. The van der Waals surface area contributed by atoms with Crippen LogP contribution in [-0.4, -0.2) is 70.8 Å². The number of hydrogen-bond acceptors (Lipinski definition) is 7. The lowest BCUT2D eigenvalue weighted by Crippen LogP contribution is -2.30. The summed E-state index contributed by atoms with van der Waals surface area (Å²) in [7, 11) is 0. The molecule has 1 heterocycles. The average molecular weight is 371 g/mol. The predicted molar refractivity (Wildman–Crippen MR) is 99.5 cm³/mol. The van der Waals surface area contributed by atoms with Gasteiger partial charge in [-0.25, -0.2) is 0 Å². The van der Waals surface area contributed by atoms with Gasteiger partial charge in [0.05, 0.1) is 52.9 Å². The molecule has 0 unspecified atom stereocenters. The number of nitrogens with zero attached hydrogens (tertiary/aromatic N) is 3. The molecule has 7 nitrogen and oxygen atoms in total.